The first-order valence-corrected chi connectivity index (χ1v) is 15.0. The number of carbonyl (C=O) groups excluding carboxylic acids is 1. The molecule has 2 aliphatic carbocycles. The number of benzene rings is 1. The van der Waals surface area contributed by atoms with Crippen LogP contribution in [0.25, 0.3) is 0 Å². The number of aryl methyl sites for hydroxylation is 1. The van der Waals surface area contributed by atoms with Gasteiger partial charge in [0, 0.05) is 36.7 Å². The van der Waals surface area contributed by atoms with Crippen molar-refractivity contribution in [1.82, 2.24) is 19.8 Å². The number of rotatable bonds is 6. The SMILES string of the molecule is C=CC(=O)N1CCN(c2nc(OCC3CCCN3C)nc3c2CCC2(CCCc4ccc(F)cc42)C3)C[C@@H]1CC#N. The number of fused-ring (bicyclic) bond motifs is 3. The molecule has 2 aliphatic heterocycles. The van der Waals surface area contributed by atoms with Crippen LogP contribution in [0.1, 0.15) is 60.9 Å². The van der Waals surface area contributed by atoms with Crippen LogP contribution >= 0.6 is 0 Å². The fraction of sp³-hybridized carbons (Fsp3) is 0.562. The van der Waals surface area contributed by atoms with E-state index in [-0.39, 0.29) is 29.6 Å². The first kappa shape index (κ1) is 27.6. The highest BCUT2D eigenvalue weighted by Gasteiger charge is 2.42. The molecule has 9 heteroatoms. The zero-order valence-corrected chi connectivity index (χ0v) is 23.9. The van der Waals surface area contributed by atoms with Gasteiger partial charge >= 0.3 is 6.01 Å². The molecule has 6 rings (SSSR count). The number of hydrogen-bond donors (Lipinski definition) is 0. The standard InChI is InChI=1S/C32H39FN6O2/c1-3-29(40)39-17-16-38(20-24(39)11-14-34)30-26-10-13-32(12-4-6-22-8-9-23(33)18-27(22)32)19-28(26)35-31(36-30)41-21-25-7-5-15-37(25)2/h3,8-9,18,24-25H,1,4-7,10-13,15-17,19-21H2,2H3/t24-,25?,32?/m0/s1. The van der Waals surface area contributed by atoms with Crippen LogP contribution in [0.4, 0.5) is 10.2 Å². The van der Waals surface area contributed by atoms with E-state index in [0.29, 0.717) is 38.3 Å². The van der Waals surface area contributed by atoms with Crippen molar-refractivity contribution in [2.75, 3.05) is 44.7 Å². The number of nitrogens with zero attached hydrogens (tertiary/aromatic N) is 6. The lowest BCUT2D eigenvalue weighted by Gasteiger charge is -2.44. The molecule has 2 fully saturated rings. The van der Waals surface area contributed by atoms with Gasteiger partial charge in [0.1, 0.15) is 18.2 Å². The minimum atomic E-state index is -0.246. The molecule has 2 saturated heterocycles. The van der Waals surface area contributed by atoms with Crippen molar-refractivity contribution in [2.45, 2.75) is 75.3 Å². The molecule has 2 aromatic rings. The minimum Gasteiger partial charge on any atom is -0.462 e. The van der Waals surface area contributed by atoms with E-state index in [4.69, 9.17) is 14.7 Å². The maximum absolute atomic E-state index is 14.5. The molecule has 0 radical (unpaired) electrons. The molecule has 2 unspecified atom stereocenters. The largest absolute Gasteiger partial charge is 0.462 e. The number of halogens is 1. The van der Waals surface area contributed by atoms with E-state index >= 15 is 0 Å². The summed E-state index contributed by atoms with van der Waals surface area (Å²) in [6, 6.07) is 8.01. The second kappa shape index (κ2) is 11.4. The Labute approximate surface area is 241 Å². The van der Waals surface area contributed by atoms with E-state index in [1.165, 1.54) is 11.6 Å². The number of likely N-dealkylation sites (tertiary alicyclic amines) is 1. The quantitative estimate of drug-likeness (QED) is 0.496. The molecular formula is C32H39FN6O2. The van der Waals surface area contributed by atoms with Crippen LogP contribution in [0.3, 0.4) is 0 Å². The van der Waals surface area contributed by atoms with Gasteiger partial charge in [0.25, 0.3) is 0 Å². The summed E-state index contributed by atoms with van der Waals surface area (Å²) in [5, 5.41) is 9.51. The Morgan fingerprint density at radius 2 is 2.10 bits per heavy atom. The Balaban J connectivity index is 1.35. The molecular weight excluding hydrogens is 519 g/mol. The van der Waals surface area contributed by atoms with Gasteiger partial charge in [-0.15, -0.1) is 0 Å². The monoisotopic (exact) mass is 558 g/mol. The highest BCUT2D eigenvalue weighted by atomic mass is 19.1. The van der Waals surface area contributed by atoms with Gasteiger partial charge < -0.3 is 19.4 Å². The van der Waals surface area contributed by atoms with E-state index in [0.717, 1.165) is 80.6 Å². The van der Waals surface area contributed by atoms with Crippen molar-refractivity contribution in [3.05, 3.63) is 59.1 Å². The third-order valence-electron chi connectivity index (χ3n) is 9.80. The van der Waals surface area contributed by atoms with Gasteiger partial charge in [0.15, 0.2) is 0 Å². The lowest BCUT2D eigenvalue weighted by Crippen LogP contribution is -2.55. The van der Waals surface area contributed by atoms with Crippen LogP contribution in [0.15, 0.2) is 30.9 Å². The van der Waals surface area contributed by atoms with Crippen molar-refractivity contribution in [1.29, 1.82) is 5.26 Å². The van der Waals surface area contributed by atoms with Crippen molar-refractivity contribution >= 4 is 11.7 Å². The van der Waals surface area contributed by atoms with Gasteiger partial charge in [-0.25, -0.2) is 4.39 Å². The Bertz CT molecular complexity index is 1370. The summed E-state index contributed by atoms with van der Waals surface area (Å²) in [5.41, 5.74) is 4.34. The third-order valence-corrected chi connectivity index (χ3v) is 9.80. The van der Waals surface area contributed by atoms with E-state index in [9.17, 15) is 14.4 Å². The van der Waals surface area contributed by atoms with Gasteiger partial charge in [-0.1, -0.05) is 12.6 Å². The second-order valence-electron chi connectivity index (χ2n) is 12.2. The van der Waals surface area contributed by atoms with Gasteiger partial charge in [0.05, 0.1) is 24.2 Å². The Kier molecular flexibility index (Phi) is 7.69. The predicted molar refractivity (Wildman–Crippen MR) is 154 cm³/mol. The van der Waals surface area contributed by atoms with Gasteiger partial charge in [0.2, 0.25) is 5.91 Å². The number of anilines is 1. The maximum atomic E-state index is 14.5. The average molecular weight is 559 g/mol. The summed E-state index contributed by atoms with van der Waals surface area (Å²) >= 11 is 0. The molecule has 1 amide bonds. The smallest absolute Gasteiger partial charge is 0.318 e. The van der Waals surface area contributed by atoms with Crippen LogP contribution < -0.4 is 9.64 Å². The van der Waals surface area contributed by atoms with E-state index in [1.54, 1.807) is 17.0 Å². The molecule has 3 atom stereocenters. The molecule has 0 N–H and O–H groups in total. The number of ether oxygens (including phenoxy) is 1. The molecule has 216 valence electrons. The van der Waals surface area contributed by atoms with E-state index in [1.807, 2.05) is 6.07 Å². The van der Waals surface area contributed by atoms with Gasteiger partial charge in [-0.2, -0.15) is 15.2 Å². The van der Waals surface area contributed by atoms with Crippen LogP contribution in [0.2, 0.25) is 0 Å². The zero-order valence-electron chi connectivity index (χ0n) is 23.9. The molecule has 1 aromatic heterocycles. The second-order valence-corrected chi connectivity index (χ2v) is 12.2. The summed E-state index contributed by atoms with van der Waals surface area (Å²) < 4.78 is 20.8. The number of aromatic nitrogens is 2. The Morgan fingerprint density at radius 3 is 2.88 bits per heavy atom. The minimum absolute atomic E-state index is 0.143. The summed E-state index contributed by atoms with van der Waals surface area (Å²) in [5.74, 6) is 0.521. The summed E-state index contributed by atoms with van der Waals surface area (Å²) in [4.78, 5) is 28.8. The Hall–Kier alpha value is -3.51. The Morgan fingerprint density at radius 1 is 1.22 bits per heavy atom. The highest BCUT2D eigenvalue weighted by Crippen LogP contribution is 2.48. The van der Waals surface area contributed by atoms with Crippen LogP contribution in [-0.4, -0.2) is 77.6 Å². The van der Waals surface area contributed by atoms with E-state index < -0.39 is 0 Å². The molecule has 3 heterocycles. The maximum Gasteiger partial charge on any atom is 0.318 e. The molecule has 1 spiro atoms. The molecule has 1 aromatic carbocycles. The molecule has 8 nitrogen and oxygen atoms in total. The average Bonchev–Trinajstić information content (AvgIpc) is 3.40. The zero-order chi connectivity index (χ0) is 28.6. The summed E-state index contributed by atoms with van der Waals surface area (Å²) in [7, 11) is 2.13. The van der Waals surface area contributed by atoms with Crippen LogP contribution in [-0.2, 0) is 29.5 Å². The van der Waals surface area contributed by atoms with Crippen molar-refractivity contribution in [3.8, 4) is 12.1 Å². The summed E-state index contributed by atoms with van der Waals surface area (Å²) in [6.07, 6.45) is 9.33. The lowest BCUT2D eigenvalue weighted by atomic mass is 9.62. The molecule has 0 bridgehead atoms. The number of carbonyl (C=O) groups is 1. The molecule has 41 heavy (non-hydrogen) atoms. The number of amides is 1. The van der Waals surface area contributed by atoms with Crippen LogP contribution in [0.5, 0.6) is 6.01 Å². The van der Waals surface area contributed by atoms with Crippen LogP contribution in [0, 0.1) is 17.1 Å². The molecule has 0 saturated carbocycles. The first-order chi connectivity index (χ1) is 19.9. The first-order valence-electron chi connectivity index (χ1n) is 15.0. The molecule has 4 aliphatic rings. The van der Waals surface area contributed by atoms with Gasteiger partial charge in [-0.05, 0) is 94.3 Å². The summed E-state index contributed by atoms with van der Waals surface area (Å²) in [6.45, 7) is 6.86. The third kappa shape index (κ3) is 5.30. The fourth-order valence-electron chi connectivity index (χ4n) is 7.55. The lowest BCUT2D eigenvalue weighted by molar-refractivity contribution is -0.128. The normalized spacial score (nSPS) is 25.9. The number of piperazine rings is 1. The van der Waals surface area contributed by atoms with Crippen molar-refractivity contribution in [2.24, 2.45) is 0 Å². The van der Waals surface area contributed by atoms with Gasteiger partial charge in [-0.3, -0.25) is 4.79 Å². The topological polar surface area (TPSA) is 85.6 Å². The number of hydrogen-bond acceptors (Lipinski definition) is 7. The van der Waals surface area contributed by atoms with Crippen molar-refractivity contribution < 1.29 is 13.9 Å². The fourth-order valence-corrected chi connectivity index (χ4v) is 7.55. The predicted octanol–water partition coefficient (Wildman–Crippen LogP) is 3.97. The number of nitriles is 1. The highest BCUT2D eigenvalue weighted by molar-refractivity contribution is 5.87. The van der Waals surface area contributed by atoms with E-state index in [2.05, 4.69) is 29.5 Å². The number of likely N-dealkylation sites (N-methyl/N-ethyl adjacent to an activating group) is 1. The van der Waals surface area contributed by atoms with Crippen molar-refractivity contribution in [3.63, 3.8) is 0 Å².